The Hall–Kier alpha value is -1.40. The number of rotatable bonds is 11. The zero-order chi connectivity index (χ0) is 18.9. The second-order valence-corrected chi connectivity index (χ2v) is 8.82. The number of carbonyl (C=O) groups excluding carboxylic acids is 1. The first-order valence-electron chi connectivity index (χ1n) is 9.11. The van der Waals surface area contributed by atoms with Gasteiger partial charge in [-0.2, -0.15) is 0 Å². The summed E-state index contributed by atoms with van der Waals surface area (Å²) in [6.07, 6.45) is 7.50. The van der Waals surface area contributed by atoms with Crippen LogP contribution in [0.4, 0.5) is 0 Å². The molecule has 0 radical (unpaired) electrons. The van der Waals surface area contributed by atoms with E-state index < -0.39 is 10.0 Å². The molecule has 1 atom stereocenters. The molecule has 0 aromatic heterocycles. The molecule has 1 aromatic rings. The number of carbonyl (C=O) groups is 1. The van der Waals surface area contributed by atoms with Crippen molar-refractivity contribution < 1.29 is 13.2 Å². The third-order valence-electron chi connectivity index (χ3n) is 4.29. The minimum Gasteiger partial charge on any atom is -0.350 e. The van der Waals surface area contributed by atoms with Crippen molar-refractivity contribution in [2.45, 2.75) is 69.7 Å². The molecule has 0 fully saturated rings. The van der Waals surface area contributed by atoms with E-state index in [1.807, 2.05) is 6.92 Å². The molecule has 1 N–H and O–H groups in total. The van der Waals surface area contributed by atoms with Crippen molar-refractivity contribution in [3.8, 4) is 0 Å². The number of amides is 1. The molecule has 1 rings (SSSR count). The summed E-state index contributed by atoms with van der Waals surface area (Å²) in [7, 11) is -0.402. The Bertz CT molecular complexity index is 625. The summed E-state index contributed by atoms with van der Waals surface area (Å²) in [6.45, 7) is 4.10. The fraction of sp³-hybridized carbons (Fsp3) is 0.632. The van der Waals surface area contributed by atoms with Crippen LogP contribution in [0.25, 0.3) is 0 Å². The second kappa shape index (κ2) is 10.6. The third-order valence-corrected chi connectivity index (χ3v) is 6.12. The molecule has 0 saturated heterocycles. The number of hydrogen-bond donors (Lipinski definition) is 1. The zero-order valence-corrected chi connectivity index (χ0v) is 16.7. The van der Waals surface area contributed by atoms with Crippen LogP contribution in [0.3, 0.4) is 0 Å². The van der Waals surface area contributed by atoms with Gasteiger partial charge in [-0.05, 0) is 31.0 Å². The molecule has 142 valence electrons. The first-order chi connectivity index (χ1) is 11.8. The highest BCUT2D eigenvalue weighted by Gasteiger charge is 2.17. The minimum atomic E-state index is -3.42. The normalized spacial score (nSPS) is 13.0. The molecule has 0 aliphatic heterocycles. The molecular formula is C19H32N2O3S. The molecule has 25 heavy (non-hydrogen) atoms. The molecule has 0 heterocycles. The number of unbranched alkanes of at least 4 members (excludes halogenated alkanes) is 5. The minimum absolute atomic E-state index is 0.0491. The molecule has 0 aliphatic carbocycles. The number of benzene rings is 1. The standard InChI is InChI=1S/C19H32N2O3S/c1-5-6-7-8-9-10-11-19(22)20-16(2)17-12-14-18(15-13-17)25(23,24)21(3)4/h12-16H,5-11H2,1-4H3,(H,20,22). The van der Waals surface area contributed by atoms with Gasteiger partial charge in [0.1, 0.15) is 0 Å². The maximum absolute atomic E-state index is 12.1. The summed E-state index contributed by atoms with van der Waals surface area (Å²) >= 11 is 0. The lowest BCUT2D eigenvalue weighted by Crippen LogP contribution is -2.26. The molecule has 5 nitrogen and oxygen atoms in total. The largest absolute Gasteiger partial charge is 0.350 e. The van der Waals surface area contributed by atoms with Crippen LogP contribution in [0.15, 0.2) is 29.2 Å². The molecule has 0 saturated carbocycles. The van der Waals surface area contributed by atoms with E-state index in [1.54, 1.807) is 24.3 Å². The number of sulfonamides is 1. The van der Waals surface area contributed by atoms with Crippen LogP contribution in [0.2, 0.25) is 0 Å². The van der Waals surface area contributed by atoms with Crippen LogP contribution in [0.5, 0.6) is 0 Å². The molecule has 1 unspecified atom stereocenters. The summed E-state index contributed by atoms with van der Waals surface area (Å²) in [5.74, 6) is 0.0491. The van der Waals surface area contributed by atoms with Gasteiger partial charge in [0.25, 0.3) is 0 Å². The Morgan fingerprint density at radius 2 is 1.60 bits per heavy atom. The molecule has 1 amide bonds. The van der Waals surface area contributed by atoms with Crippen LogP contribution in [0.1, 0.15) is 70.4 Å². The average Bonchev–Trinajstić information content (AvgIpc) is 2.57. The predicted octanol–water partition coefficient (Wildman–Crippen LogP) is 3.86. The van der Waals surface area contributed by atoms with E-state index in [0.717, 1.165) is 18.4 Å². The van der Waals surface area contributed by atoms with Gasteiger partial charge in [0.15, 0.2) is 0 Å². The van der Waals surface area contributed by atoms with E-state index in [2.05, 4.69) is 12.2 Å². The smallest absolute Gasteiger partial charge is 0.242 e. The molecule has 0 aliphatic rings. The summed E-state index contributed by atoms with van der Waals surface area (Å²) in [4.78, 5) is 12.3. The van der Waals surface area contributed by atoms with Gasteiger partial charge in [0, 0.05) is 20.5 Å². The number of nitrogens with one attached hydrogen (secondary N) is 1. The van der Waals surface area contributed by atoms with Crippen LogP contribution in [-0.2, 0) is 14.8 Å². The lowest BCUT2D eigenvalue weighted by atomic mass is 10.1. The van der Waals surface area contributed by atoms with Gasteiger partial charge in [-0.25, -0.2) is 12.7 Å². The highest BCUT2D eigenvalue weighted by molar-refractivity contribution is 7.89. The lowest BCUT2D eigenvalue weighted by molar-refractivity contribution is -0.121. The van der Waals surface area contributed by atoms with Crippen molar-refractivity contribution in [3.05, 3.63) is 29.8 Å². The van der Waals surface area contributed by atoms with Gasteiger partial charge in [-0.15, -0.1) is 0 Å². The third kappa shape index (κ3) is 7.16. The highest BCUT2D eigenvalue weighted by atomic mass is 32.2. The first-order valence-corrected chi connectivity index (χ1v) is 10.5. The van der Waals surface area contributed by atoms with Gasteiger partial charge in [-0.1, -0.05) is 51.2 Å². The van der Waals surface area contributed by atoms with Gasteiger partial charge in [-0.3, -0.25) is 4.79 Å². The average molecular weight is 369 g/mol. The van der Waals surface area contributed by atoms with Crippen molar-refractivity contribution in [1.29, 1.82) is 0 Å². The Labute approximate surface area is 152 Å². The summed E-state index contributed by atoms with van der Waals surface area (Å²) < 4.78 is 25.3. The topological polar surface area (TPSA) is 66.5 Å². The van der Waals surface area contributed by atoms with Crippen LogP contribution in [0, 0.1) is 0 Å². The second-order valence-electron chi connectivity index (χ2n) is 6.66. The van der Waals surface area contributed by atoms with E-state index in [9.17, 15) is 13.2 Å². The molecule has 1 aromatic carbocycles. The Morgan fingerprint density at radius 3 is 2.16 bits per heavy atom. The van der Waals surface area contributed by atoms with E-state index in [1.165, 1.54) is 44.1 Å². The fourth-order valence-corrected chi connectivity index (χ4v) is 3.50. The van der Waals surface area contributed by atoms with Crippen LogP contribution >= 0.6 is 0 Å². The monoisotopic (exact) mass is 368 g/mol. The van der Waals surface area contributed by atoms with Crippen molar-refractivity contribution in [1.82, 2.24) is 9.62 Å². The van der Waals surface area contributed by atoms with Gasteiger partial charge < -0.3 is 5.32 Å². The van der Waals surface area contributed by atoms with Crippen LogP contribution in [-0.4, -0.2) is 32.7 Å². The van der Waals surface area contributed by atoms with Crippen molar-refractivity contribution in [2.24, 2.45) is 0 Å². The van der Waals surface area contributed by atoms with E-state index in [0.29, 0.717) is 6.42 Å². The van der Waals surface area contributed by atoms with Crippen molar-refractivity contribution in [3.63, 3.8) is 0 Å². The Morgan fingerprint density at radius 1 is 1.04 bits per heavy atom. The molecule has 0 bridgehead atoms. The van der Waals surface area contributed by atoms with Gasteiger partial charge in [0.2, 0.25) is 15.9 Å². The number of hydrogen-bond acceptors (Lipinski definition) is 3. The predicted molar refractivity (Wildman–Crippen MR) is 102 cm³/mol. The summed E-state index contributed by atoms with van der Waals surface area (Å²) in [6, 6.07) is 6.55. The summed E-state index contributed by atoms with van der Waals surface area (Å²) in [5.41, 5.74) is 0.897. The number of nitrogens with zero attached hydrogens (tertiary/aromatic N) is 1. The SMILES string of the molecule is CCCCCCCCC(=O)NC(C)c1ccc(S(=O)(=O)N(C)C)cc1. The Balaban J connectivity index is 2.47. The van der Waals surface area contributed by atoms with Crippen molar-refractivity contribution >= 4 is 15.9 Å². The zero-order valence-electron chi connectivity index (χ0n) is 15.9. The van der Waals surface area contributed by atoms with Crippen molar-refractivity contribution in [2.75, 3.05) is 14.1 Å². The lowest BCUT2D eigenvalue weighted by Gasteiger charge is -2.16. The maximum Gasteiger partial charge on any atom is 0.242 e. The maximum atomic E-state index is 12.1. The van der Waals surface area contributed by atoms with Crippen LogP contribution < -0.4 is 5.32 Å². The quantitative estimate of drug-likeness (QED) is 0.603. The molecular weight excluding hydrogens is 336 g/mol. The Kier molecular flexibility index (Phi) is 9.14. The molecule has 6 heteroatoms. The highest BCUT2D eigenvalue weighted by Crippen LogP contribution is 2.18. The summed E-state index contributed by atoms with van der Waals surface area (Å²) in [5, 5.41) is 2.98. The van der Waals surface area contributed by atoms with Gasteiger partial charge in [0.05, 0.1) is 10.9 Å². The first kappa shape index (κ1) is 21.6. The van der Waals surface area contributed by atoms with E-state index >= 15 is 0 Å². The van der Waals surface area contributed by atoms with E-state index in [4.69, 9.17) is 0 Å². The fourth-order valence-electron chi connectivity index (χ4n) is 2.60. The van der Waals surface area contributed by atoms with Gasteiger partial charge >= 0.3 is 0 Å². The molecule has 0 spiro atoms. The van der Waals surface area contributed by atoms with E-state index in [-0.39, 0.29) is 16.8 Å².